The van der Waals surface area contributed by atoms with E-state index in [-0.39, 0.29) is 6.10 Å². The molecule has 0 bridgehead atoms. The summed E-state index contributed by atoms with van der Waals surface area (Å²) in [6, 6.07) is 0. The van der Waals surface area contributed by atoms with E-state index in [9.17, 15) is 0 Å². The van der Waals surface area contributed by atoms with Crippen molar-refractivity contribution in [2.24, 2.45) is 11.7 Å². The number of hydrogen-bond acceptors (Lipinski definition) is 3. The first kappa shape index (κ1) is 11.0. The third kappa shape index (κ3) is 3.63. The van der Waals surface area contributed by atoms with Crippen LogP contribution >= 0.6 is 0 Å². The van der Waals surface area contributed by atoms with E-state index in [1.165, 1.54) is 25.8 Å². The van der Waals surface area contributed by atoms with Gasteiger partial charge in [-0.3, -0.25) is 0 Å². The fourth-order valence-electron chi connectivity index (χ4n) is 1.78. The molecule has 3 nitrogen and oxygen atoms in total. The predicted octanol–water partition coefficient (Wildman–Crippen LogP) is 0.692. The summed E-state index contributed by atoms with van der Waals surface area (Å²) in [6.07, 6.45) is 4.43. The number of nitrogens with two attached hydrogens (primary N) is 1. The van der Waals surface area contributed by atoms with E-state index < -0.39 is 0 Å². The van der Waals surface area contributed by atoms with Crippen molar-refractivity contribution in [2.45, 2.75) is 25.4 Å². The number of methoxy groups -OCH3 is 1. The van der Waals surface area contributed by atoms with Gasteiger partial charge in [-0.05, 0) is 25.8 Å². The molecular weight excluding hydrogens is 164 g/mol. The molecule has 0 saturated heterocycles. The fourth-order valence-corrected chi connectivity index (χ4v) is 1.78. The number of nitrogens with zero attached hydrogens (tertiary/aromatic N) is 1. The van der Waals surface area contributed by atoms with Crippen LogP contribution in [0, 0.1) is 5.92 Å². The number of rotatable bonds is 6. The summed E-state index contributed by atoms with van der Waals surface area (Å²) in [5, 5.41) is 0. The molecule has 0 radical (unpaired) electrons. The summed E-state index contributed by atoms with van der Waals surface area (Å²) >= 11 is 0. The van der Waals surface area contributed by atoms with E-state index in [0.29, 0.717) is 6.54 Å². The fraction of sp³-hybridized carbons (Fsp3) is 1.00. The van der Waals surface area contributed by atoms with Crippen molar-refractivity contribution in [2.75, 3.05) is 33.8 Å². The molecule has 0 spiro atoms. The lowest BCUT2D eigenvalue weighted by Crippen LogP contribution is -2.38. The van der Waals surface area contributed by atoms with Crippen LogP contribution in [0.3, 0.4) is 0 Å². The molecule has 0 aromatic rings. The molecule has 1 saturated carbocycles. The third-order valence-electron chi connectivity index (χ3n) is 2.91. The number of likely N-dealkylation sites (N-methyl/N-ethyl adjacent to an activating group) is 1. The lowest BCUT2D eigenvalue weighted by atomic mass is 9.85. The molecule has 0 heterocycles. The molecule has 1 aliphatic rings. The third-order valence-corrected chi connectivity index (χ3v) is 2.91. The van der Waals surface area contributed by atoms with Gasteiger partial charge in [0.05, 0.1) is 6.10 Å². The molecule has 1 rings (SSSR count). The molecule has 0 aromatic carbocycles. The van der Waals surface area contributed by atoms with Gasteiger partial charge < -0.3 is 15.4 Å². The second-order valence-corrected chi connectivity index (χ2v) is 4.11. The van der Waals surface area contributed by atoms with E-state index in [0.717, 1.165) is 12.5 Å². The monoisotopic (exact) mass is 186 g/mol. The predicted molar refractivity (Wildman–Crippen MR) is 54.7 cm³/mol. The first-order valence-corrected chi connectivity index (χ1v) is 5.17. The van der Waals surface area contributed by atoms with Crippen LogP contribution in [0.25, 0.3) is 0 Å². The Morgan fingerprint density at radius 1 is 1.54 bits per heavy atom. The van der Waals surface area contributed by atoms with Crippen LogP contribution < -0.4 is 5.73 Å². The van der Waals surface area contributed by atoms with Gasteiger partial charge in [0.15, 0.2) is 0 Å². The second-order valence-electron chi connectivity index (χ2n) is 4.11. The maximum atomic E-state index is 5.56. The molecule has 0 amide bonds. The van der Waals surface area contributed by atoms with E-state index in [1.807, 2.05) is 0 Å². The zero-order valence-corrected chi connectivity index (χ0v) is 8.83. The van der Waals surface area contributed by atoms with Crippen LogP contribution in [0.1, 0.15) is 19.3 Å². The highest BCUT2D eigenvalue weighted by Crippen LogP contribution is 2.26. The van der Waals surface area contributed by atoms with Crippen molar-refractivity contribution in [3.63, 3.8) is 0 Å². The van der Waals surface area contributed by atoms with Gasteiger partial charge in [0.2, 0.25) is 0 Å². The van der Waals surface area contributed by atoms with E-state index >= 15 is 0 Å². The lowest BCUT2D eigenvalue weighted by molar-refractivity contribution is 0.0681. The van der Waals surface area contributed by atoms with Crippen LogP contribution in [0.4, 0.5) is 0 Å². The Balaban J connectivity index is 2.10. The molecule has 78 valence electrons. The van der Waals surface area contributed by atoms with Crippen LogP contribution in [0.5, 0.6) is 0 Å². The minimum Gasteiger partial charge on any atom is -0.379 e. The molecule has 0 aliphatic heterocycles. The SMILES string of the molecule is COC(CN)CN(C)CC1CCC1. The van der Waals surface area contributed by atoms with Gasteiger partial charge in [0, 0.05) is 26.7 Å². The van der Waals surface area contributed by atoms with Gasteiger partial charge in [0.25, 0.3) is 0 Å². The lowest BCUT2D eigenvalue weighted by Gasteiger charge is -2.31. The van der Waals surface area contributed by atoms with Gasteiger partial charge in [0.1, 0.15) is 0 Å². The zero-order chi connectivity index (χ0) is 9.68. The van der Waals surface area contributed by atoms with Gasteiger partial charge in [-0.2, -0.15) is 0 Å². The maximum Gasteiger partial charge on any atom is 0.0820 e. The highest BCUT2D eigenvalue weighted by molar-refractivity contribution is 4.74. The number of ether oxygens (including phenoxy) is 1. The van der Waals surface area contributed by atoms with E-state index in [1.54, 1.807) is 7.11 Å². The van der Waals surface area contributed by atoms with Gasteiger partial charge in [-0.25, -0.2) is 0 Å². The normalized spacial score (nSPS) is 20.3. The molecule has 0 aromatic heterocycles. The Labute approximate surface area is 81.2 Å². The molecule has 2 N–H and O–H groups in total. The Kier molecular flexibility index (Phi) is 4.70. The quantitative estimate of drug-likeness (QED) is 0.663. The zero-order valence-electron chi connectivity index (χ0n) is 8.83. The standard InChI is InChI=1S/C10H22N2O/c1-12(7-9-4-3-5-9)8-10(6-11)13-2/h9-10H,3-8,11H2,1-2H3. The topological polar surface area (TPSA) is 38.5 Å². The largest absolute Gasteiger partial charge is 0.379 e. The molecule has 1 fully saturated rings. The van der Waals surface area contributed by atoms with Gasteiger partial charge in [-0.1, -0.05) is 6.42 Å². The van der Waals surface area contributed by atoms with Crippen LogP contribution in [0.15, 0.2) is 0 Å². The first-order valence-electron chi connectivity index (χ1n) is 5.17. The Hall–Kier alpha value is -0.120. The number of hydrogen-bond donors (Lipinski definition) is 1. The summed E-state index contributed by atoms with van der Waals surface area (Å²) < 4.78 is 5.24. The minimum absolute atomic E-state index is 0.199. The van der Waals surface area contributed by atoms with Crippen LogP contribution in [0.2, 0.25) is 0 Å². The highest BCUT2D eigenvalue weighted by Gasteiger charge is 2.20. The van der Waals surface area contributed by atoms with Crippen molar-refractivity contribution in [1.82, 2.24) is 4.90 Å². The minimum atomic E-state index is 0.199. The van der Waals surface area contributed by atoms with E-state index in [2.05, 4.69) is 11.9 Å². The summed E-state index contributed by atoms with van der Waals surface area (Å²) in [7, 11) is 3.88. The molecule has 1 unspecified atom stereocenters. The van der Waals surface area contributed by atoms with Crippen molar-refractivity contribution in [3.8, 4) is 0 Å². The summed E-state index contributed by atoms with van der Waals surface area (Å²) in [5.41, 5.74) is 5.56. The van der Waals surface area contributed by atoms with Crippen molar-refractivity contribution >= 4 is 0 Å². The summed E-state index contributed by atoms with van der Waals surface area (Å²) in [6.45, 7) is 2.79. The summed E-state index contributed by atoms with van der Waals surface area (Å²) in [5.74, 6) is 0.931. The molecule has 13 heavy (non-hydrogen) atoms. The molecule has 1 atom stereocenters. The smallest absolute Gasteiger partial charge is 0.0820 e. The van der Waals surface area contributed by atoms with Crippen molar-refractivity contribution < 1.29 is 4.74 Å². The first-order chi connectivity index (χ1) is 6.26. The van der Waals surface area contributed by atoms with E-state index in [4.69, 9.17) is 10.5 Å². The Morgan fingerprint density at radius 2 is 2.23 bits per heavy atom. The maximum absolute atomic E-state index is 5.56. The van der Waals surface area contributed by atoms with Crippen LogP contribution in [-0.4, -0.2) is 44.8 Å². The highest BCUT2D eigenvalue weighted by atomic mass is 16.5. The summed E-state index contributed by atoms with van der Waals surface area (Å²) in [4.78, 5) is 2.34. The average molecular weight is 186 g/mol. The molecule has 1 aliphatic carbocycles. The Morgan fingerprint density at radius 3 is 2.62 bits per heavy atom. The van der Waals surface area contributed by atoms with Gasteiger partial charge >= 0.3 is 0 Å². The Bertz CT molecular complexity index is 133. The van der Waals surface area contributed by atoms with Crippen molar-refractivity contribution in [3.05, 3.63) is 0 Å². The van der Waals surface area contributed by atoms with Crippen LogP contribution in [-0.2, 0) is 4.74 Å². The second kappa shape index (κ2) is 5.58. The van der Waals surface area contributed by atoms with Gasteiger partial charge in [-0.15, -0.1) is 0 Å². The molecule has 3 heteroatoms. The van der Waals surface area contributed by atoms with Crippen molar-refractivity contribution in [1.29, 1.82) is 0 Å². The molecular formula is C10H22N2O. The average Bonchev–Trinajstić information content (AvgIpc) is 2.07.